The number of nitrogens with one attached hydrogen (secondary N) is 1. The molecule has 0 aliphatic heterocycles. The largest absolute Gasteiger partial charge is 0.398 e. The van der Waals surface area contributed by atoms with E-state index in [1.807, 2.05) is 0 Å². The predicted molar refractivity (Wildman–Crippen MR) is 53.7 cm³/mol. The molecule has 0 unspecified atom stereocenters. The van der Waals surface area contributed by atoms with Crippen molar-refractivity contribution in [1.82, 2.24) is 10.3 Å². The average molecular weight is 191 g/mol. The fourth-order valence-corrected chi connectivity index (χ4v) is 1.25. The van der Waals surface area contributed by atoms with Crippen molar-refractivity contribution < 1.29 is 4.79 Å². The number of nitrogens with zero attached hydrogens (tertiary/aromatic N) is 1. The third-order valence-electron chi connectivity index (χ3n) is 2.35. The van der Waals surface area contributed by atoms with Crippen molar-refractivity contribution in [3.05, 3.63) is 24.0 Å². The number of hydrogen-bond donors (Lipinski definition) is 2. The summed E-state index contributed by atoms with van der Waals surface area (Å²) in [6, 6.07) is 1.63. The minimum atomic E-state index is -0.123. The van der Waals surface area contributed by atoms with Crippen LogP contribution in [0.15, 0.2) is 18.5 Å². The van der Waals surface area contributed by atoms with E-state index in [2.05, 4.69) is 10.3 Å². The average Bonchev–Trinajstić information content (AvgIpc) is 2.98. The van der Waals surface area contributed by atoms with Crippen molar-refractivity contribution in [3.8, 4) is 0 Å². The zero-order chi connectivity index (χ0) is 9.97. The Balaban J connectivity index is 1.98. The maximum absolute atomic E-state index is 11.6. The Morgan fingerprint density at radius 3 is 3.07 bits per heavy atom. The number of pyridine rings is 1. The number of nitrogen functional groups attached to an aromatic ring is 1. The van der Waals surface area contributed by atoms with Gasteiger partial charge in [-0.15, -0.1) is 0 Å². The Labute approximate surface area is 82.5 Å². The molecule has 2 rings (SSSR count). The third-order valence-corrected chi connectivity index (χ3v) is 2.35. The maximum atomic E-state index is 11.6. The van der Waals surface area contributed by atoms with Gasteiger partial charge >= 0.3 is 0 Å². The smallest absolute Gasteiger partial charge is 0.254 e. The lowest BCUT2D eigenvalue weighted by molar-refractivity contribution is 0.0952. The zero-order valence-corrected chi connectivity index (χ0v) is 7.86. The van der Waals surface area contributed by atoms with Crippen LogP contribution in [0.2, 0.25) is 0 Å². The second-order valence-corrected chi connectivity index (χ2v) is 3.62. The number of anilines is 1. The highest BCUT2D eigenvalue weighted by atomic mass is 16.1. The molecule has 0 aromatic carbocycles. The van der Waals surface area contributed by atoms with Crippen molar-refractivity contribution in [2.45, 2.75) is 12.8 Å². The lowest BCUT2D eigenvalue weighted by atomic mass is 10.2. The highest BCUT2D eigenvalue weighted by Crippen LogP contribution is 2.27. The highest BCUT2D eigenvalue weighted by molar-refractivity contribution is 5.98. The first-order chi connectivity index (χ1) is 6.77. The molecular weight excluding hydrogens is 178 g/mol. The number of rotatable bonds is 3. The molecule has 1 fully saturated rings. The highest BCUT2D eigenvalue weighted by Gasteiger charge is 2.22. The number of carbonyl (C=O) groups excluding carboxylic acids is 1. The SMILES string of the molecule is Nc1ccncc1C(=O)NCC1CC1. The summed E-state index contributed by atoms with van der Waals surface area (Å²) in [5, 5.41) is 2.84. The molecule has 4 heteroatoms. The van der Waals surface area contributed by atoms with Gasteiger partial charge in [0.15, 0.2) is 0 Å². The molecule has 1 heterocycles. The topological polar surface area (TPSA) is 68.0 Å². The van der Waals surface area contributed by atoms with Crippen molar-refractivity contribution in [2.24, 2.45) is 5.92 Å². The Kier molecular flexibility index (Phi) is 2.35. The predicted octanol–water partition coefficient (Wildman–Crippen LogP) is 0.804. The summed E-state index contributed by atoms with van der Waals surface area (Å²) in [5.41, 5.74) is 6.59. The van der Waals surface area contributed by atoms with Gasteiger partial charge < -0.3 is 11.1 Å². The summed E-state index contributed by atoms with van der Waals surface area (Å²) >= 11 is 0. The van der Waals surface area contributed by atoms with E-state index in [0.717, 1.165) is 6.54 Å². The van der Waals surface area contributed by atoms with E-state index < -0.39 is 0 Å². The quantitative estimate of drug-likeness (QED) is 0.742. The molecule has 1 saturated carbocycles. The molecule has 0 bridgehead atoms. The molecule has 0 radical (unpaired) electrons. The van der Waals surface area contributed by atoms with E-state index in [1.54, 1.807) is 12.3 Å². The van der Waals surface area contributed by atoms with Crippen LogP contribution in [0, 0.1) is 5.92 Å². The Bertz CT molecular complexity index is 347. The van der Waals surface area contributed by atoms with Crippen LogP contribution < -0.4 is 11.1 Å². The standard InChI is InChI=1S/C10H13N3O/c11-9-3-4-12-6-8(9)10(14)13-5-7-1-2-7/h3-4,6-7H,1-2,5H2,(H2,11,12)(H,13,14). The molecule has 14 heavy (non-hydrogen) atoms. The Hall–Kier alpha value is -1.58. The minimum Gasteiger partial charge on any atom is -0.398 e. The van der Waals surface area contributed by atoms with Crippen molar-refractivity contribution in [3.63, 3.8) is 0 Å². The number of aromatic nitrogens is 1. The van der Waals surface area contributed by atoms with Crippen LogP contribution in [-0.2, 0) is 0 Å². The van der Waals surface area contributed by atoms with Gasteiger partial charge in [-0.05, 0) is 24.8 Å². The van der Waals surface area contributed by atoms with Gasteiger partial charge in [-0.2, -0.15) is 0 Å². The van der Waals surface area contributed by atoms with Crippen LogP contribution in [0.5, 0.6) is 0 Å². The van der Waals surface area contributed by atoms with Gasteiger partial charge in [-0.25, -0.2) is 0 Å². The maximum Gasteiger partial charge on any atom is 0.254 e. The molecule has 4 nitrogen and oxygen atoms in total. The monoisotopic (exact) mass is 191 g/mol. The van der Waals surface area contributed by atoms with Gasteiger partial charge in [0.2, 0.25) is 0 Å². The normalized spacial score (nSPS) is 15.1. The van der Waals surface area contributed by atoms with Gasteiger partial charge in [0.05, 0.1) is 5.56 Å². The molecule has 1 aliphatic carbocycles. The van der Waals surface area contributed by atoms with Crippen LogP contribution >= 0.6 is 0 Å². The van der Waals surface area contributed by atoms with Gasteiger partial charge in [0, 0.05) is 24.6 Å². The Morgan fingerprint density at radius 2 is 2.43 bits per heavy atom. The molecule has 0 spiro atoms. The minimum absolute atomic E-state index is 0.123. The van der Waals surface area contributed by atoms with E-state index in [-0.39, 0.29) is 5.91 Å². The van der Waals surface area contributed by atoms with E-state index in [4.69, 9.17) is 5.73 Å². The fourth-order valence-electron chi connectivity index (χ4n) is 1.25. The van der Waals surface area contributed by atoms with Gasteiger partial charge in [-0.1, -0.05) is 0 Å². The lowest BCUT2D eigenvalue weighted by Gasteiger charge is -2.05. The number of carbonyl (C=O) groups is 1. The molecule has 3 N–H and O–H groups in total. The molecule has 0 atom stereocenters. The summed E-state index contributed by atoms with van der Waals surface area (Å²) in [6.07, 6.45) is 5.52. The Morgan fingerprint density at radius 1 is 1.64 bits per heavy atom. The van der Waals surface area contributed by atoms with E-state index >= 15 is 0 Å². The van der Waals surface area contributed by atoms with Gasteiger partial charge in [-0.3, -0.25) is 9.78 Å². The zero-order valence-electron chi connectivity index (χ0n) is 7.86. The van der Waals surface area contributed by atoms with Crippen LogP contribution in [0.25, 0.3) is 0 Å². The van der Waals surface area contributed by atoms with Crippen molar-refractivity contribution >= 4 is 11.6 Å². The molecular formula is C10H13N3O. The van der Waals surface area contributed by atoms with Gasteiger partial charge in [0.1, 0.15) is 0 Å². The first-order valence-electron chi connectivity index (χ1n) is 4.75. The van der Waals surface area contributed by atoms with Crippen LogP contribution in [0.1, 0.15) is 23.2 Å². The molecule has 1 aliphatic rings. The number of hydrogen-bond acceptors (Lipinski definition) is 3. The molecule has 0 saturated heterocycles. The second-order valence-electron chi connectivity index (χ2n) is 3.62. The summed E-state index contributed by atoms with van der Waals surface area (Å²) in [5.74, 6) is 0.555. The summed E-state index contributed by atoms with van der Waals surface area (Å²) in [4.78, 5) is 15.4. The summed E-state index contributed by atoms with van der Waals surface area (Å²) < 4.78 is 0. The third kappa shape index (κ3) is 2.02. The van der Waals surface area contributed by atoms with E-state index in [9.17, 15) is 4.79 Å². The van der Waals surface area contributed by atoms with Crippen molar-refractivity contribution in [2.75, 3.05) is 12.3 Å². The first kappa shape index (κ1) is 8.99. The first-order valence-corrected chi connectivity index (χ1v) is 4.75. The second kappa shape index (κ2) is 3.65. The van der Waals surface area contributed by atoms with Crippen LogP contribution in [0.4, 0.5) is 5.69 Å². The molecule has 1 aromatic heterocycles. The van der Waals surface area contributed by atoms with Gasteiger partial charge in [0.25, 0.3) is 5.91 Å². The molecule has 1 amide bonds. The molecule has 74 valence electrons. The van der Waals surface area contributed by atoms with E-state index in [0.29, 0.717) is 17.2 Å². The number of nitrogens with two attached hydrogens (primary N) is 1. The summed E-state index contributed by atoms with van der Waals surface area (Å²) in [7, 11) is 0. The van der Waals surface area contributed by atoms with E-state index in [1.165, 1.54) is 19.0 Å². The fraction of sp³-hybridized carbons (Fsp3) is 0.400. The lowest BCUT2D eigenvalue weighted by Crippen LogP contribution is -2.26. The summed E-state index contributed by atoms with van der Waals surface area (Å²) in [6.45, 7) is 0.757. The molecule has 1 aromatic rings. The van der Waals surface area contributed by atoms with Crippen LogP contribution in [-0.4, -0.2) is 17.4 Å². The van der Waals surface area contributed by atoms with Crippen LogP contribution in [0.3, 0.4) is 0 Å². The number of amides is 1. The van der Waals surface area contributed by atoms with Crippen molar-refractivity contribution in [1.29, 1.82) is 0 Å².